The molecule has 1 aromatic heterocycles. The van der Waals surface area contributed by atoms with Crippen molar-refractivity contribution in [3.8, 4) is 11.5 Å². The molecule has 0 atom stereocenters. The van der Waals surface area contributed by atoms with Crippen LogP contribution in [0.3, 0.4) is 0 Å². The quantitative estimate of drug-likeness (QED) is 0.532. The van der Waals surface area contributed by atoms with Crippen LogP contribution in [0.2, 0.25) is 0 Å². The summed E-state index contributed by atoms with van der Waals surface area (Å²) in [6.07, 6.45) is 1.50. The molecule has 0 aliphatic carbocycles. The van der Waals surface area contributed by atoms with Gasteiger partial charge in [0.1, 0.15) is 17.2 Å². The van der Waals surface area contributed by atoms with Crippen LogP contribution in [-0.4, -0.2) is 29.3 Å². The third-order valence-corrected chi connectivity index (χ3v) is 3.03. The van der Waals surface area contributed by atoms with Gasteiger partial charge in [-0.2, -0.15) is 0 Å². The Morgan fingerprint density at radius 3 is 2.73 bits per heavy atom. The standard InChI is InChI=1S/C14H15N3O3S.K.H/c1-19-10-4-3-9(12(7-10)20-2)8-16-14-15-6-5-11(17-14)13(18)21;;/h3-7H,8H2,1-2H3,(H,18,21)(H,15,16,17);;/q;+1;-1. The Bertz CT molecular complexity index is 661. The molecule has 0 fully saturated rings. The maximum atomic E-state index is 11.2. The summed E-state index contributed by atoms with van der Waals surface area (Å²) >= 11 is 3.74. The molecule has 112 valence electrons. The zero-order valence-corrected chi connectivity index (χ0v) is 16.7. The Morgan fingerprint density at radius 2 is 2.09 bits per heavy atom. The predicted octanol–water partition coefficient (Wildman–Crippen LogP) is -0.708. The number of nitrogens with zero attached hydrogens (tertiary/aromatic N) is 2. The van der Waals surface area contributed by atoms with E-state index in [2.05, 4.69) is 27.9 Å². The molecule has 0 aliphatic heterocycles. The van der Waals surface area contributed by atoms with Crippen LogP contribution in [0.4, 0.5) is 5.95 Å². The molecule has 0 amide bonds. The Hall–Kier alpha value is -0.644. The van der Waals surface area contributed by atoms with Crippen LogP contribution >= 0.6 is 12.6 Å². The van der Waals surface area contributed by atoms with Gasteiger partial charge in [0.25, 0.3) is 0 Å². The molecule has 0 aliphatic rings. The van der Waals surface area contributed by atoms with E-state index in [1.165, 1.54) is 12.3 Å². The van der Waals surface area contributed by atoms with E-state index < -0.39 is 5.12 Å². The molecule has 1 heterocycles. The molecule has 2 aromatic rings. The van der Waals surface area contributed by atoms with Gasteiger partial charge >= 0.3 is 51.4 Å². The van der Waals surface area contributed by atoms with Crippen LogP contribution in [-0.2, 0) is 6.54 Å². The largest absolute Gasteiger partial charge is 1.00 e. The van der Waals surface area contributed by atoms with Crippen LogP contribution in [0.1, 0.15) is 17.5 Å². The van der Waals surface area contributed by atoms with Crippen molar-refractivity contribution in [1.29, 1.82) is 0 Å². The van der Waals surface area contributed by atoms with Gasteiger partial charge in [-0.3, -0.25) is 4.79 Å². The van der Waals surface area contributed by atoms with E-state index in [9.17, 15) is 4.79 Å². The topological polar surface area (TPSA) is 73.3 Å². The Kier molecular flexibility index (Phi) is 8.37. The monoisotopic (exact) mass is 345 g/mol. The van der Waals surface area contributed by atoms with Crippen LogP contribution in [0.15, 0.2) is 30.5 Å². The number of carbonyl (C=O) groups excluding carboxylic acids is 1. The molecule has 0 unspecified atom stereocenters. The summed E-state index contributed by atoms with van der Waals surface area (Å²) in [4.78, 5) is 19.3. The molecule has 1 N–H and O–H groups in total. The molecule has 0 saturated carbocycles. The minimum absolute atomic E-state index is 0. The number of carbonyl (C=O) groups is 1. The van der Waals surface area contributed by atoms with Crippen molar-refractivity contribution in [3.05, 3.63) is 41.7 Å². The smallest absolute Gasteiger partial charge is 1.00 e. The summed E-state index contributed by atoms with van der Waals surface area (Å²) in [6, 6.07) is 7.03. The van der Waals surface area contributed by atoms with E-state index in [1.54, 1.807) is 20.3 Å². The molecule has 6 nitrogen and oxygen atoms in total. The first-order valence-corrected chi connectivity index (χ1v) is 6.60. The number of anilines is 1. The number of hydrogen-bond donors (Lipinski definition) is 2. The van der Waals surface area contributed by atoms with Gasteiger partial charge in [0.2, 0.25) is 11.1 Å². The normalized spacial score (nSPS) is 9.59. The number of ether oxygens (including phenoxy) is 2. The van der Waals surface area contributed by atoms with Gasteiger partial charge < -0.3 is 16.2 Å². The van der Waals surface area contributed by atoms with Gasteiger partial charge in [-0.1, -0.05) is 12.6 Å². The molecule has 22 heavy (non-hydrogen) atoms. The minimum atomic E-state index is -0.400. The zero-order valence-electron chi connectivity index (χ0n) is 13.7. The van der Waals surface area contributed by atoms with Gasteiger partial charge in [-0.25, -0.2) is 9.97 Å². The number of nitrogens with one attached hydrogen (secondary N) is 1. The summed E-state index contributed by atoms with van der Waals surface area (Å²) in [5, 5.41) is 2.64. The van der Waals surface area contributed by atoms with Gasteiger partial charge in [0.05, 0.1) is 14.2 Å². The molecule has 1 aromatic carbocycles. The number of rotatable bonds is 6. The number of aromatic nitrogens is 2. The van der Waals surface area contributed by atoms with Crippen LogP contribution < -0.4 is 66.2 Å². The second kappa shape index (κ2) is 9.49. The Morgan fingerprint density at radius 1 is 1.32 bits per heavy atom. The van der Waals surface area contributed by atoms with Crippen LogP contribution in [0.25, 0.3) is 0 Å². The molecule has 0 saturated heterocycles. The summed E-state index contributed by atoms with van der Waals surface area (Å²) in [5.74, 6) is 1.77. The van der Waals surface area contributed by atoms with E-state index in [1.807, 2.05) is 12.1 Å². The van der Waals surface area contributed by atoms with Crippen LogP contribution in [0, 0.1) is 0 Å². The third-order valence-electron chi connectivity index (χ3n) is 2.81. The average molecular weight is 345 g/mol. The first-order chi connectivity index (χ1) is 10.1. The van der Waals surface area contributed by atoms with Crippen molar-refractivity contribution >= 4 is 23.7 Å². The summed E-state index contributed by atoms with van der Waals surface area (Å²) in [7, 11) is 3.19. The summed E-state index contributed by atoms with van der Waals surface area (Å²) in [5.41, 5.74) is 1.17. The van der Waals surface area contributed by atoms with Gasteiger partial charge in [0, 0.05) is 24.4 Å². The van der Waals surface area contributed by atoms with Gasteiger partial charge in [-0.15, -0.1) is 0 Å². The van der Waals surface area contributed by atoms with Crippen molar-refractivity contribution in [3.63, 3.8) is 0 Å². The molecule has 8 heteroatoms. The second-order valence-corrected chi connectivity index (χ2v) is 4.51. The van der Waals surface area contributed by atoms with Crippen molar-refractivity contribution in [2.24, 2.45) is 0 Å². The molecule has 0 bridgehead atoms. The van der Waals surface area contributed by atoms with E-state index in [0.717, 1.165) is 11.3 Å². The first-order valence-electron chi connectivity index (χ1n) is 6.15. The van der Waals surface area contributed by atoms with Gasteiger partial charge in [0.15, 0.2) is 0 Å². The van der Waals surface area contributed by atoms with Crippen molar-refractivity contribution in [2.45, 2.75) is 6.54 Å². The predicted molar refractivity (Wildman–Crippen MR) is 83.3 cm³/mol. The average Bonchev–Trinajstić information content (AvgIpc) is 2.53. The van der Waals surface area contributed by atoms with Crippen molar-refractivity contribution in [2.75, 3.05) is 19.5 Å². The number of benzene rings is 1. The number of hydrogen-bond acceptors (Lipinski definition) is 6. The maximum Gasteiger partial charge on any atom is 1.00 e. The minimum Gasteiger partial charge on any atom is -1.00 e. The van der Waals surface area contributed by atoms with E-state index in [-0.39, 0.29) is 58.5 Å². The third kappa shape index (κ3) is 5.22. The molecular formula is C14H16KN3O3S. The zero-order chi connectivity index (χ0) is 15.2. The van der Waals surface area contributed by atoms with E-state index in [4.69, 9.17) is 9.47 Å². The van der Waals surface area contributed by atoms with Crippen LogP contribution in [0.5, 0.6) is 11.5 Å². The number of thiol groups is 1. The van der Waals surface area contributed by atoms with Crippen molar-refractivity contribution < 1.29 is 67.1 Å². The molecule has 0 radical (unpaired) electrons. The fourth-order valence-corrected chi connectivity index (χ4v) is 1.86. The fraction of sp³-hybridized carbons (Fsp3) is 0.214. The molecule has 0 spiro atoms. The Balaban J connectivity index is 0.00000242. The van der Waals surface area contributed by atoms with Crippen molar-refractivity contribution in [1.82, 2.24) is 9.97 Å². The van der Waals surface area contributed by atoms with Gasteiger partial charge in [-0.05, 0) is 18.2 Å². The summed E-state index contributed by atoms with van der Waals surface area (Å²) < 4.78 is 10.5. The summed E-state index contributed by atoms with van der Waals surface area (Å²) in [6.45, 7) is 0.456. The van der Waals surface area contributed by atoms with E-state index >= 15 is 0 Å². The Labute approximate surface area is 178 Å². The second-order valence-electron chi connectivity index (χ2n) is 4.10. The number of methoxy groups -OCH3 is 2. The van der Waals surface area contributed by atoms with E-state index in [0.29, 0.717) is 18.2 Å². The first kappa shape index (κ1) is 19.4. The SMILES string of the molecule is COc1ccc(CNc2nccc(C(=O)S)n2)c(OC)c1.[H-].[K+]. The molecule has 2 rings (SSSR count). The fourth-order valence-electron chi connectivity index (χ4n) is 1.74. The maximum absolute atomic E-state index is 11.2. The molecular weight excluding hydrogens is 329 g/mol.